The van der Waals surface area contributed by atoms with E-state index in [1.54, 1.807) is 18.2 Å². The van der Waals surface area contributed by atoms with Crippen molar-refractivity contribution in [1.29, 1.82) is 5.26 Å². The van der Waals surface area contributed by atoms with Gasteiger partial charge >= 0.3 is 0 Å². The zero-order chi connectivity index (χ0) is 13.1. The number of hydrogen-bond acceptors (Lipinski definition) is 4. The van der Waals surface area contributed by atoms with Crippen LogP contribution in [0.2, 0.25) is 0 Å². The van der Waals surface area contributed by atoms with Crippen molar-refractivity contribution < 1.29 is 9.47 Å². The first-order valence-corrected chi connectivity index (χ1v) is 6.20. The molecule has 1 aromatic rings. The lowest BCUT2D eigenvalue weighted by molar-refractivity contribution is -0.0720. The number of rotatable bonds is 2. The van der Waals surface area contributed by atoms with E-state index in [0.717, 1.165) is 12.8 Å². The van der Waals surface area contributed by atoms with Gasteiger partial charge in [-0.05, 0) is 26.0 Å². The van der Waals surface area contributed by atoms with Gasteiger partial charge in [-0.2, -0.15) is 5.26 Å². The zero-order valence-corrected chi connectivity index (χ0v) is 10.7. The van der Waals surface area contributed by atoms with Gasteiger partial charge in [0.05, 0.1) is 29.5 Å². The molecule has 4 heteroatoms. The lowest BCUT2D eigenvalue weighted by atomic mass is 10.0. The Morgan fingerprint density at radius 2 is 2.00 bits per heavy atom. The summed E-state index contributed by atoms with van der Waals surface area (Å²) in [4.78, 5) is 0. The SMILES string of the molecule is CC1CC(Oc2cc(C#N)ccc2N)CC(C)O1. The van der Waals surface area contributed by atoms with Crippen LogP contribution in [0.4, 0.5) is 5.69 Å². The molecule has 2 atom stereocenters. The molecule has 1 aliphatic heterocycles. The number of benzene rings is 1. The molecule has 0 saturated carbocycles. The Labute approximate surface area is 107 Å². The number of nitriles is 1. The van der Waals surface area contributed by atoms with Crippen molar-refractivity contribution in [1.82, 2.24) is 0 Å². The van der Waals surface area contributed by atoms with Gasteiger partial charge < -0.3 is 15.2 Å². The minimum Gasteiger partial charge on any atom is -0.488 e. The highest BCUT2D eigenvalue weighted by molar-refractivity contribution is 5.56. The molecule has 0 aliphatic carbocycles. The number of nitrogen functional groups attached to an aromatic ring is 1. The Bertz CT molecular complexity index is 457. The van der Waals surface area contributed by atoms with E-state index >= 15 is 0 Å². The first-order chi connectivity index (χ1) is 8.58. The molecule has 0 aromatic heterocycles. The normalized spacial score (nSPS) is 27.5. The van der Waals surface area contributed by atoms with Gasteiger partial charge in [-0.3, -0.25) is 0 Å². The Morgan fingerprint density at radius 3 is 2.61 bits per heavy atom. The summed E-state index contributed by atoms with van der Waals surface area (Å²) in [5.74, 6) is 0.598. The highest BCUT2D eigenvalue weighted by Gasteiger charge is 2.26. The lowest BCUT2D eigenvalue weighted by Crippen LogP contribution is -2.35. The van der Waals surface area contributed by atoms with Crippen molar-refractivity contribution >= 4 is 5.69 Å². The van der Waals surface area contributed by atoms with Crippen LogP contribution in [-0.4, -0.2) is 18.3 Å². The third-order valence-corrected chi connectivity index (χ3v) is 3.09. The highest BCUT2D eigenvalue weighted by atomic mass is 16.5. The highest BCUT2D eigenvalue weighted by Crippen LogP contribution is 2.28. The molecule has 4 nitrogen and oxygen atoms in total. The van der Waals surface area contributed by atoms with Crippen LogP contribution in [0, 0.1) is 11.3 Å². The molecular weight excluding hydrogens is 228 g/mol. The average molecular weight is 246 g/mol. The van der Waals surface area contributed by atoms with Crippen LogP contribution in [0.1, 0.15) is 32.3 Å². The molecule has 1 fully saturated rings. The molecule has 1 saturated heterocycles. The van der Waals surface area contributed by atoms with E-state index in [1.807, 2.05) is 13.8 Å². The molecule has 18 heavy (non-hydrogen) atoms. The standard InChI is InChI=1S/C14H18N2O2/c1-9-5-12(6-10(2)17-9)18-14-7-11(8-15)3-4-13(14)16/h3-4,7,9-10,12H,5-6,16H2,1-2H3. The third kappa shape index (κ3) is 2.93. The Hall–Kier alpha value is -1.73. The minimum atomic E-state index is 0.0972. The zero-order valence-electron chi connectivity index (χ0n) is 10.7. The van der Waals surface area contributed by atoms with Gasteiger partial charge in [-0.1, -0.05) is 0 Å². The number of ether oxygens (including phenoxy) is 2. The average Bonchev–Trinajstić information content (AvgIpc) is 2.30. The number of nitrogens with two attached hydrogens (primary N) is 1. The molecule has 2 rings (SSSR count). The smallest absolute Gasteiger partial charge is 0.143 e. The van der Waals surface area contributed by atoms with Crippen molar-refractivity contribution in [2.24, 2.45) is 0 Å². The van der Waals surface area contributed by atoms with E-state index < -0.39 is 0 Å². The van der Waals surface area contributed by atoms with Crippen LogP contribution in [-0.2, 0) is 4.74 Å². The number of nitrogens with zero attached hydrogens (tertiary/aromatic N) is 1. The minimum absolute atomic E-state index is 0.0972. The second kappa shape index (κ2) is 5.28. The molecule has 2 unspecified atom stereocenters. The second-order valence-electron chi connectivity index (χ2n) is 4.83. The van der Waals surface area contributed by atoms with Crippen molar-refractivity contribution in [3.05, 3.63) is 23.8 Å². The maximum absolute atomic E-state index is 8.88. The Kier molecular flexibility index (Phi) is 3.73. The predicted octanol–water partition coefficient (Wildman–Crippen LogP) is 2.48. The van der Waals surface area contributed by atoms with Gasteiger partial charge in [0.15, 0.2) is 0 Å². The summed E-state index contributed by atoms with van der Waals surface area (Å²) >= 11 is 0. The van der Waals surface area contributed by atoms with Crippen molar-refractivity contribution in [2.45, 2.75) is 45.0 Å². The molecule has 0 spiro atoms. The molecule has 96 valence electrons. The third-order valence-electron chi connectivity index (χ3n) is 3.09. The van der Waals surface area contributed by atoms with Crippen LogP contribution < -0.4 is 10.5 Å². The summed E-state index contributed by atoms with van der Waals surface area (Å²) in [6, 6.07) is 7.18. The molecule has 1 aromatic carbocycles. The van der Waals surface area contributed by atoms with Gasteiger partial charge in [-0.25, -0.2) is 0 Å². The van der Waals surface area contributed by atoms with Gasteiger partial charge in [0.2, 0.25) is 0 Å². The van der Waals surface area contributed by atoms with E-state index in [2.05, 4.69) is 6.07 Å². The quantitative estimate of drug-likeness (QED) is 0.814. The molecule has 0 bridgehead atoms. The topological polar surface area (TPSA) is 68.3 Å². The summed E-state index contributed by atoms with van der Waals surface area (Å²) in [6.45, 7) is 4.09. The Balaban J connectivity index is 2.11. The molecule has 2 N–H and O–H groups in total. The summed E-state index contributed by atoms with van der Waals surface area (Å²) in [5, 5.41) is 8.88. The van der Waals surface area contributed by atoms with Gasteiger partial charge in [0.1, 0.15) is 11.9 Å². The van der Waals surface area contributed by atoms with Crippen LogP contribution >= 0.6 is 0 Å². The van der Waals surface area contributed by atoms with Gasteiger partial charge in [0, 0.05) is 18.9 Å². The van der Waals surface area contributed by atoms with E-state index in [9.17, 15) is 0 Å². The van der Waals surface area contributed by atoms with Crippen molar-refractivity contribution in [3.8, 4) is 11.8 Å². The van der Waals surface area contributed by atoms with Crippen molar-refractivity contribution in [2.75, 3.05) is 5.73 Å². The molecule has 1 heterocycles. The summed E-state index contributed by atoms with van der Waals surface area (Å²) in [5.41, 5.74) is 7.00. The maximum atomic E-state index is 8.88. The number of anilines is 1. The Morgan fingerprint density at radius 1 is 1.33 bits per heavy atom. The molecule has 1 aliphatic rings. The van der Waals surface area contributed by atoms with Crippen LogP contribution in [0.25, 0.3) is 0 Å². The first-order valence-electron chi connectivity index (χ1n) is 6.20. The van der Waals surface area contributed by atoms with Crippen LogP contribution in [0.3, 0.4) is 0 Å². The summed E-state index contributed by atoms with van der Waals surface area (Å²) < 4.78 is 11.6. The van der Waals surface area contributed by atoms with E-state index in [4.69, 9.17) is 20.5 Å². The molecular formula is C14H18N2O2. The van der Waals surface area contributed by atoms with Gasteiger partial charge in [-0.15, -0.1) is 0 Å². The summed E-state index contributed by atoms with van der Waals surface area (Å²) in [7, 11) is 0. The van der Waals surface area contributed by atoms with Crippen molar-refractivity contribution in [3.63, 3.8) is 0 Å². The molecule has 0 amide bonds. The van der Waals surface area contributed by atoms with Gasteiger partial charge in [0.25, 0.3) is 0 Å². The first kappa shape index (κ1) is 12.7. The van der Waals surface area contributed by atoms with Crippen LogP contribution in [0.5, 0.6) is 5.75 Å². The fourth-order valence-corrected chi connectivity index (χ4v) is 2.33. The van der Waals surface area contributed by atoms with Crippen LogP contribution in [0.15, 0.2) is 18.2 Å². The second-order valence-corrected chi connectivity index (χ2v) is 4.83. The largest absolute Gasteiger partial charge is 0.488 e. The molecule has 0 radical (unpaired) electrons. The summed E-state index contributed by atoms with van der Waals surface area (Å²) in [6.07, 6.45) is 2.18. The maximum Gasteiger partial charge on any atom is 0.143 e. The fraction of sp³-hybridized carbons (Fsp3) is 0.500. The monoisotopic (exact) mass is 246 g/mol. The fourth-order valence-electron chi connectivity index (χ4n) is 2.33. The lowest BCUT2D eigenvalue weighted by Gasteiger charge is -2.32. The predicted molar refractivity (Wildman–Crippen MR) is 69.2 cm³/mol. The number of hydrogen-bond donors (Lipinski definition) is 1. The van der Waals surface area contributed by atoms with E-state index in [-0.39, 0.29) is 18.3 Å². The van der Waals surface area contributed by atoms with E-state index in [1.165, 1.54) is 0 Å². The van der Waals surface area contributed by atoms with E-state index in [0.29, 0.717) is 17.0 Å².